The first-order valence-corrected chi connectivity index (χ1v) is 8.89. The maximum atomic E-state index is 13.4. The van der Waals surface area contributed by atoms with E-state index in [1.54, 1.807) is 38.1 Å². The largest absolute Gasteiger partial charge is 0.492 e. The van der Waals surface area contributed by atoms with Gasteiger partial charge < -0.3 is 15.0 Å². The Morgan fingerprint density at radius 2 is 1.89 bits per heavy atom. The number of ether oxygens (including phenoxy) is 1. The quantitative estimate of drug-likeness (QED) is 0.741. The minimum atomic E-state index is -4.67. The van der Waals surface area contributed by atoms with Gasteiger partial charge in [-0.15, -0.1) is 0 Å². The number of likely N-dealkylation sites (N-methyl/N-ethyl adjacent to an activating group) is 1. The molecule has 1 amide bonds. The highest BCUT2D eigenvalue weighted by atomic mass is 19.4. The normalized spacial score (nSPS) is 11.9. The first kappa shape index (κ1) is 21.7. The lowest BCUT2D eigenvalue weighted by Crippen LogP contribution is -2.27. The van der Waals surface area contributed by atoms with Crippen molar-refractivity contribution in [2.24, 2.45) is 0 Å². The summed E-state index contributed by atoms with van der Waals surface area (Å²) in [7, 11) is 3.90. The van der Waals surface area contributed by atoms with Crippen molar-refractivity contribution in [3.63, 3.8) is 0 Å². The van der Waals surface area contributed by atoms with Gasteiger partial charge in [0.15, 0.2) is 5.69 Å². The van der Waals surface area contributed by atoms with Gasteiger partial charge in [0.05, 0.1) is 11.8 Å². The number of nitrogens with one attached hydrogen (secondary N) is 1. The van der Waals surface area contributed by atoms with Gasteiger partial charge in [-0.1, -0.05) is 12.1 Å². The highest BCUT2D eigenvalue weighted by Crippen LogP contribution is 2.33. The molecule has 1 aromatic heterocycles. The highest BCUT2D eigenvalue weighted by molar-refractivity contribution is 5.95. The third-order valence-electron chi connectivity index (χ3n) is 3.98. The van der Waals surface area contributed by atoms with E-state index in [4.69, 9.17) is 4.74 Å². The van der Waals surface area contributed by atoms with Crippen LogP contribution in [0, 0.1) is 0 Å². The summed E-state index contributed by atoms with van der Waals surface area (Å²) in [5, 5.41) is 6.24. The van der Waals surface area contributed by atoms with Gasteiger partial charge in [-0.3, -0.25) is 9.48 Å². The average molecular weight is 398 g/mol. The Morgan fingerprint density at radius 3 is 2.43 bits per heavy atom. The van der Waals surface area contributed by atoms with Gasteiger partial charge in [-0.2, -0.15) is 18.3 Å². The van der Waals surface area contributed by atoms with Crippen LogP contribution in [0.15, 0.2) is 30.5 Å². The van der Waals surface area contributed by atoms with E-state index >= 15 is 0 Å². The van der Waals surface area contributed by atoms with Crippen molar-refractivity contribution in [3.05, 3.63) is 47.3 Å². The van der Waals surface area contributed by atoms with Crippen molar-refractivity contribution in [3.8, 4) is 5.75 Å². The number of amides is 1. The lowest BCUT2D eigenvalue weighted by Gasteiger charge is -2.15. The molecule has 0 atom stereocenters. The molecule has 1 aromatic carbocycles. The molecule has 9 heteroatoms. The fraction of sp³-hybridized carbons (Fsp3) is 0.474. The first-order valence-electron chi connectivity index (χ1n) is 8.89. The van der Waals surface area contributed by atoms with Crippen molar-refractivity contribution in [2.45, 2.75) is 32.6 Å². The van der Waals surface area contributed by atoms with Gasteiger partial charge >= 0.3 is 6.18 Å². The minimum Gasteiger partial charge on any atom is -0.492 e. The van der Waals surface area contributed by atoms with Crippen LogP contribution >= 0.6 is 0 Å². The number of rotatable bonds is 8. The fourth-order valence-electron chi connectivity index (χ4n) is 2.53. The predicted octanol–water partition coefficient (Wildman–Crippen LogP) is 3.35. The topological polar surface area (TPSA) is 59.4 Å². The third kappa shape index (κ3) is 5.72. The van der Waals surface area contributed by atoms with Crippen LogP contribution in [-0.2, 0) is 12.7 Å². The number of halogens is 3. The van der Waals surface area contributed by atoms with Crippen LogP contribution in [0.5, 0.6) is 5.75 Å². The molecule has 0 aliphatic heterocycles. The number of benzene rings is 1. The Bertz CT molecular complexity index is 783. The van der Waals surface area contributed by atoms with Crippen molar-refractivity contribution in [1.82, 2.24) is 20.0 Å². The third-order valence-corrected chi connectivity index (χ3v) is 3.98. The van der Waals surface area contributed by atoms with E-state index in [1.807, 2.05) is 19.0 Å². The van der Waals surface area contributed by atoms with Crippen LogP contribution in [0.1, 0.15) is 41.5 Å². The molecule has 0 saturated carbocycles. The molecule has 0 bridgehead atoms. The van der Waals surface area contributed by atoms with E-state index in [2.05, 4.69) is 10.4 Å². The van der Waals surface area contributed by atoms with Gasteiger partial charge in [0.2, 0.25) is 0 Å². The summed E-state index contributed by atoms with van der Waals surface area (Å²) in [6.45, 7) is 4.58. The number of nitrogens with zero attached hydrogens (tertiary/aromatic N) is 3. The zero-order chi connectivity index (χ0) is 20.9. The predicted molar refractivity (Wildman–Crippen MR) is 99.3 cm³/mol. The standard InChI is InChI=1S/C19H25F3N4O2/c1-13(2)26-17(19(20,21)22)16(12-24-26)18(27)23-11-14-5-7-15(8-6-14)28-10-9-25(3)4/h5-8,12-13H,9-11H2,1-4H3,(H,23,27). The van der Waals surface area contributed by atoms with Crippen LogP contribution in [-0.4, -0.2) is 47.8 Å². The van der Waals surface area contributed by atoms with Crippen LogP contribution in [0.25, 0.3) is 0 Å². The second-order valence-electron chi connectivity index (χ2n) is 6.92. The van der Waals surface area contributed by atoms with Crippen molar-refractivity contribution >= 4 is 5.91 Å². The van der Waals surface area contributed by atoms with E-state index in [-0.39, 0.29) is 6.54 Å². The minimum absolute atomic E-state index is 0.0982. The van der Waals surface area contributed by atoms with Crippen LogP contribution in [0.2, 0.25) is 0 Å². The van der Waals surface area contributed by atoms with Crippen LogP contribution < -0.4 is 10.1 Å². The summed E-state index contributed by atoms with van der Waals surface area (Å²) in [5.41, 5.74) is -0.771. The van der Waals surface area contributed by atoms with Crippen LogP contribution in [0.4, 0.5) is 13.2 Å². The maximum Gasteiger partial charge on any atom is 0.433 e. The van der Waals surface area contributed by atoms with Gasteiger partial charge in [-0.25, -0.2) is 0 Å². The smallest absolute Gasteiger partial charge is 0.433 e. The summed E-state index contributed by atoms with van der Waals surface area (Å²) in [5.74, 6) is -0.125. The maximum absolute atomic E-state index is 13.4. The molecule has 2 aromatic rings. The Balaban J connectivity index is 2.01. The Morgan fingerprint density at radius 1 is 1.25 bits per heavy atom. The second-order valence-corrected chi connectivity index (χ2v) is 6.92. The van der Waals surface area contributed by atoms with E-state index in [9.17, 15) is 18.0 Å². The highest BCUT2D eigenvalue weighted by Gasteiger charge is 2.40. The van der Waals surface area contributed by atoms with Crippen molar-refractivity contribution in [2.75, 3.05) is 27.2 Å². The molecule has 1 N–H and O–H groups in total. The molecule has 2 rings (SSSR count). The number of carbonyl (C=O) groups is 1. The average Bonchev–Trinajstić information content (AvgIpc) is 3.06. The summed E-state index contributed by atoms with van der Waals surface area (Å²) >= 11 is 0. The van der Waals surface area contributed by atoms with Gasteiger partial charge in [-0.05, 0) is 45.6 Å². The van der Waals surface area contributed by atoms with Gasteiger partial charge in [0.1, 0.15) is 12.4 Å². The lowest BCUT2D eigenvalue weighted by atomic mass is 10.2. The molecule has 0 aliphatic carbocycles. The monoisotopic (exact) mass is 398 g/mol. The Hall–Kier alpha value is -2.55. The number of aromatic nitrogens is 2. The molecule has 0 fully saturated rings. The van der Waals surface area contributed by atoms with Crippen molar-refractivity contribution < 1.29 is 22.7 Å². The van der Waals surface area contributed by atoms with Crippen LogP contribution in [0.3, 0.4) is 0 Å². The van der Waals surface area contributed by atoms with Gasteiger partial charge in [0.25, 0.3) is 5.91 Å². The van der Waals surface area contributed by atoms with E-state index in [0.717, 1.165) is 23.0 Å². The second kappa shape index (κ2) is 9.09. The summed E-state index contributed by atoms with van der Waals surface area (Å²) in [6, 6.07) is 6.52. The number of hydrogen-bond donors (Lipinski definition) is 1. The van der Waals surface area contributed by atoms with E-state index < -0.39 is 29.4 Å². The Kier molecular flexibility index (Phi) is 7.06. The van der Waals surface area contributed by atoms with Crippen molar-refractivity contribution in [1.29, 1.82) is 0 Å². The zero-order valence-electron chi connectivity index (χ0n) is 16.4. The number of carbonyl (C=O) groups excluding carboxylic acids is 1. The SMILES string of the molecule is CC(C)n1ncc(C(=O)NCc2ccc(OCCN(C)C)cc2)c1C(F)(F)F. The summed E-state index contributed by atoms with van der Waals surface area (Å²) in [6.07, 6.45) is -3.71. The van der Waals surface area contributed by atoms with E-state index in [0.29, 0.717) is 12.4 Å². The Labute approximate surface area is 162 Å². The molecule has 0 unspecified atom stereocenters. The van der Waals surface area contributed by atoms with Gasteiger partial charge in [0, 0.05) is 19.1 Å². The molecule has 28 heavy (non-hydrogen) atoms. The molecule has 0 spiro atoms. The first-order chi connectivity index (χ1) is 13.1. The molecule has 1 heterocycles. The lowest BCUT2D eigenvalue weighted by molar-refractivity contribution is -0.145. The number of hydrogen-bond acceptors (Lipinski definition) is 4. The fourth-order valence-corrected chi connectivity index (χ4v) is 2.53. The number of alkyl halides is 3. The molecular formula is C19H25F3N4O2. The molecule has 154 valence electrons. The molecule has 6 nitrogen and oxygen atoms in total. The summed E-state index contributed by atoms with van der Waals surface area (Å²) in [4.78, 5) is 14.3. The molecule has 0 radical (unpaired) electrons. The molecule has 0 saturated heterocycles. The zero-order valence-corrected chi connectivity index (χ0v) is 16.4. The molecular weight excluding hydrogens is 373 g/mol. The summed E-state index contributed by atoms with van der Waals surface area (Å²) < 4.78 is 46.5. The van der Waals surface area contributed by atoms with E-state index in [1.165, 1.54) is 0 Å². The molecule has 0 aliphatic rings.